The molecular weight excluding hydrogens is 410 g/mol. The lowest BCUT2D eigenvalue weighted by molar-refractivity contribution is -0.155. The van der Waals surface area contributed by atoms with Crippen LogP contribution < -0.4 is 0 Å². The monoisotopic (exact) mass is 437 g/mol. The summed E-state index contributed by atoms with van der Waals surface area (Å²) in [5.41, 5.74) is 1.51. The van der Waals surface area contributed by atoms with Crippen LogP contribution in [0.2, 0.25) is 0 Å². The molecule has 0 aromatic carbocycles. The van der Waals surface area contributed by atoms with Crippen LogP contribution in [0.5, 0.6) is 0 Å². The van der Waals surface area contributed by atoms with E-state index in [9.17, 15) is 14.4 Å². The van der Waals surface area contributed by atoms with Gasteiger partial charge in [-0.25, -0.2) is 4.79 Å². The van der Waals surface area contributed by atoms with Crippen molar-refractivity contribution in [1.29, 1.82) is 0 Å². The van der Waals surface area contributed by atoms with Gasteiger partial charge in [-0.1, -0.05) is 24.3 Å². The van der Waals surface area contributed by atoms with Crippen molar-refractivity contribution in [1.82, 2.24) is 4.90 Å². The van der Waals surface area contributed by atoms with Gasteiger partial charge < -0.3 is 14.4 Å². The molecule has 3 heterocycles. The third-order valence-electron chi connectivity index (χ3n) is 4.62. The quantitative estimate of drug-likeness (QED) is 0.475. The second-order valence-electron chi connectivity index (χ2n) is 8.08. The van der Waals surface area contributed by atoms with E-state index < -0.39 is 16.8 Å². The number of carbonyl (C=O) groups excluding carboxylic acids is 3. The fourth-order valence-electron chi connectivity index (χ4n) is 3.67. The predicted octanol–water partition coefficient (Wildman–Crippen LogP) is 3.79. The van der Waals surface area contributed by atoms with E-state index in [2.05, 4.69) is 0 Å². The molecule has 0 aromatic heterocycles. The Morgan fingerprint density at radius 1 is 1.31 bits per heavy atom. The highest BCUT2D eigenvalue weighted by Gasteiger charge is 2.52. The van der Waals surface area contributed by atoms with Gasteiger partial charge in [-0.15, -0.1) is 11.8 Å². The van der Waals surface area contributed by atoms with Crippen LogP contribution in [0.15, 0.2) is 32.9 Å². The summed E-state index contributed by atoms with van der Waals surface area (Å²) >= 11 is 2.89. The lowest BCUT2D eigenvalue weighted by Crippen LogP contribution is -2.49. The average molecular weight is 438 g/mol. The lowest BCUT2D eigenvalue weighted by atomic mass is 9.96. The van der Waals surface area contributed by atoms with Crippen LogP contribution in [0.4, 0.5) is 0 Å². The highest BCUT2D eigenvalue weighted by molar-refractivity contribution is 8.22. The average Bonchev–Trinajstić information content (AvgIpc) is 2.89. The van der Waals surface area contributed by atoms with Crippen LogP contribution in [-0.2, 0) is 23.9 Å². The number of ketones is 1. The van der Waals surface area contributed by atoms with Gasteiger partial charge in [-0.05, 0) is 52.9 Å². The number of hydrogen-bond donors (Lipinski definition) is 0. The molecular formula is C21H27NO5S2. The van der Waals surface area contributed by atoms with Gasteiger partial charge in [0.15, 0.2) is 0 Å². The Hall–Kier alpha value is -1.67. The molecule has 158 valence electrons. The van der Waals surface area contributed by atoms with Crippen LogP contribution in [-0.4, -0.2) is 51.9 Å². The molecule has 0 amide bonds. The summed E-state index contributed by atoms with van der Waals surface area (Å²) in [6.45, 7) is 11.4. The normalized spacial score (nSPS) is 23.9. The Balaban J connectivity index is 2.12. The Kier molecular flexibility index (Phi) is 6.24. The first kappa shape index (κ1) is 22.0. The van der Waals surface area contributed by atoms with Crippen molar-refractivity contribution < 1.29 is 23.9 Å². The summed E-state index contributed by atoms with van der Waals surface area (Å²) in [6, 6.07) is -0.276. The molecule has 0 spiro atoms. The van der Waals surface area contributed by atoms with Crippen LogP contribution in [0, 0.1) is 0 Å². The fourth-order valence-corrected chi connectivity index (χ4v) is 6.25. The Labute approximate surface area is 180 Å². The van der Waals surface area contributed by atoms with E-state index in [1.807, 2.05) is 45.6 Å². The molecule has 0 saturated heterocycles. The number of rotatable bonds is 5. The molecule has 0 aliphatic carbocycles. The maximum atomic E-state index is 13.3. The third kappa shape index (κ3) is 4.14. The van der Waals surface area contributed by atoms with Gasteiger partial charge in [0.05, 0.1) is 22.6 Å². The SMILES string of the molecule is CCOC(=O)C1=C2C=C(C)C[C@H]3[C@H](C(=O)OC(C)(C)C)SC(SCC)=C(C1=O)N23. The molecule has 3 aliphatic rings. The summed E-state index contributed by atoms with van der Waals surface area (Å²) in [6.07, 6.45) is 2.49. The van der Waals surface area contributed by atoms with Gasteiger partial charge in [0.25, 0.3) is 0 Å². The van der Waals surface area contributed by atoms with Crippen LogP contribution >= 0.6 is 23.5 Å². The topological polar surface area (TPSA) is 72.9 Å². The largest absolute Gasteiger partial charge is 0.462 e. The molecule has 0 saturated carbocycles. The van der Waals surface area contributed by atoms with Gasteiger partial charge >= 0.3 is 11.9 Å². The lowest BCUT2D eigenvalue weighted by Gasteiger charge is -2.43. The minimum absolute atomic E-state index is 0.0607. The smallest absolute Gasteiger partial charge is 0.344 e. The summed E-state index contributed by atoms with van der Waals surface area (Å²) in [4.78, 5) is 40.8. The first-order valence-electron chi connectivity index (χ1n) is 9.78. The number of Topliss-reactive ketones (excluding diaryl/α,β-unsaturated/α-hetero) is 1. The third-order valence-corrected chi connectivity index (χ3v) is 7.17. The molecule has 0 radical (unpaired) electrons. The van der Waals surface area contributed by atoms with Crippen molar-refractivity contribution in [2.24, 2.45) is 0 Å². The first-order valence-corrected chi connectivity index (χ1v) is 11.6. The number of ether oxygens (including phenoxy) is 2. The van der Waals surface area contributed by atoms with E-state index in [0.717, 1.165) is 15.6 Å². The molecule has 6 nitrogen and oxygen atoms in total. The minimum atomic E-state index is -0.612. The van der Waals surface area contributed by atoms with Crippen LogP contribution in [0.1, 0.15) is 48.0 Å². The van der Waals surface area contributed by atoms with Gasteiger partial charge in [-0.3, -0.25) is 9.59 Å². The van der Waals surface area contributed by atoms with Crippen molar-refractivity contribution in [3.05, 3.63) is 32.9 Å². The second kappa shape index (κ2) is 8.22. The van der Waals surface area contributed by atoms with Crippen LogP contribution in [0.3, 0.4) is 0 Å². The number of allylic oxidation sites excluding steroid dienone is 2. The Morgan fingerprint density at radius 3 is 2.59 bits per heavy atom. The number of esters is 2. The molecule has 2 atom stereocenters. The zero-order chi connectivity index (χ0) is 21.5. The van der Waals surface area contributed by atoms with E-state index in [-0.39, 0.29) is 30.0 Å². The number of thioether (sulfide) groups is 2. The standard InChI is InChI=1S/C21H27NO5S2/c1-7-26-18(24)14-12-9-11(3)10-13-17(19(25)27-21(4,5)6)29-20(28-8-2)15(16(14)23)22(12)13/h9,13,17H,7-8,10H2,1-6H3/t13-,17+/m0/s1. The molecule has 0 aromatic rings. The van der Waals surface area contributed by atoms with E-state index in [0.29, 0.717) is 17.8 Å². The van der Waals surface area contributed by atoms with Crippen LogP contribution in [0.25, 0.3) is 0 Å². The van der Waals surface area contributed by atoms with Crippen molar-refractivity contribution in [3.63, 3.8) is 0 Å². The highest BCUT2D eigenvalue weighted by Crippen LogP contribution is 2.52. The molecule has 29 heavy (non-hydrogen) atoms. The second-order valence-corrected chi connectivity index (χ2v) is 10.8. The molecule has 3 rings (SSSR count). The van der Waals surface area contributed by atoms with Crippen molar-refractivity contribution >= 4 is 41.2 Å². The van der Waals surface area contributed by atoms with E-state index in [1.54, 1.807) is 6.92 Å². The van der Waals surface area contributed by atoms with Gasteiger partial charge in [-0.2, -0.15) is 0 Å². The van der Waals surface area contributed by atoms with E-state index >= 15 is 0 Å². The molecule has 0 unspecified atom stereocenters. The highest BCUT2D eigenvalue weighted by atomic mass is 32.2. The maximum Gasteiger partial charge on any atom is 0.344 e. The van der Waals surface area contributed by atoms with Gasteiger partial charge in [0, 0.05) is 0 Å². The molecule has 0 fully saturated rings. The van der Waals surface area contributed by atoms with Gasteiger partial charge in [0.2, 0.25) is 5.78 Å². The summed E-state index contributed by atoms with van der Waals surface area (Å²) in [5, 5.41) is -0.486. The predicted molar refractivity (Wildman–Crippen MR) is 115 cm³/mol. The van der Waals surface area contributed by atoms with E-state index in [1.165, 1.54) is 23.5 Å². The fraction of sp³-hybridized carbons (Fsp3) is 0.571. The Morgan fingerprint density at radius 2 is 2.00 bits per heavy atom. The van der Waals surface area contributed by atoms with Crippen molar-refractivity contribution in [2.75, 3.05) is 12.4 Å². The maximum absolute atomic E-state index is 13.3. The first-order chi connectivity index (χ1) is 13.6. The van der Waals surface area contributed by atoms with Crippen molar-refractivity contribution in [3.8, 4) is 0 Å². The molecule has 8 heteroatoms. The minimum Gasteiger partial charge on any atom is -0.462 e. The Bertz CT molecular complexity index is 850. The summed E-state index contributed by atoms with van der Waals surface area (Å²) in [5.74, 6) is -0.483. The number of carbonyl (C=O) groups is 3. The zero-order valence-corrected chi connectivity index (χ0v) is 19.3. The molecule has 0 bridgehead atoms. The number of nitrogens with zero attached hydrogens (tertiary/aromatic N) is 1. The van der Waals surface area contributed by atoms with Crippen molar-refractivity contribution in [2.45, 2.75) is 64.9 Å². The van der Waals surface area contributed by atoms with E-state index in [4.69, 9.17) is 9.47 Å². The zero-order valence-electron chi connectivity index (χ0n) is 17.7. The van der Waals surface area contributed by atoms with Gasteiger partial charge in [0.1, 0.15) is 22.1 Å². The number of hydrogen-bond acceptors (Lipinski definition) is 8. The summed E-state index contributed by atoms with van der Waals surface area (Å²) < 4.78 is 11.6. The molecule has 3 aliphatic heterocycles. The molecule has 0 N–H and O–H groups in total. The summed E-state index contributed by atoms with van der Waals surface area (Å²) in [7, 11) is 0.